The predicted molar refractivity (Wildman–Crippen MR) is 188 cm³/mol. The van der Waals surface area contributed by atoms with Gasteiger partial charge in [0, 0.05) is 47.4 Å². The number of rotatable bonds is 2. The number of aromatic nitrogens is 2. The first-order chi connectivity index (χ1) is 23.2. The molecule has 0 aliphatic rings. The summed E-state index contributed by atoms with van der Waals surface area (Å²) < 4.78 is 6.48. The molecule has 0 fully saturated rings. The molecule has 0 unspecified atom stereocenters. The number of benzene rings is 6. The van der Waals surface area contributed by atoms with Gasteiger partial charge in [-0.25, -0.2) is 4.85 Å². The monoisotopic (exact) mass is 614 g/mol. The summed E-state index contributed by atoms with van der Waals surface area (Å²) in [7, 11) is 0. The molecule has 0 spiro atoms. The minimum Gasteiger partial charge on any atom is -0.309 e. The summed E-state index contributed by atoms with van der Waals surface area (Å²) >= 11 is 1.75. The molecule has 6 nitrogen and oxygen atoms in total. The average Bonchev–Trinajstić information content (AvgIpc) is 3.78. The molecule has 9 aromatic rings. The van der Waals surface area contributed by atoms with E-state index < -0.39 is 0 Å². The molecule has 0 atom stereocenters. The maximum atomic E-state index is 10.3. The van der Waals surface area contributed by atoms with Crippen LogP contribution in [0.2, 0.25) is 0 Å². The molecule has 0 N–H and O–H groups in total. The van der Waals surface area contributed by atoms with Crippen molar-refractivity contribution >= 4 is 80.8 Å². The highest BCUT2D eigenvalue weighted by Crippen LogP contribution is 2.48. The van der Waals surface area contributed by atoms with Gasteiger partial charge in [0.15, 0.2) is 0 Å². The van der Waals surface area contributed by atoms with Crippen LogP contribution in [0.25, 0.3) is 80.0 Å². The van der Waals surface area contributed by atoms with Gasteiger partial charge in [0.05, 0.1) is 63.2 Å². The number of nitriles is 3. The Morgan fingerprint density at radius 1 is 0.553 bits per heavy atom. The molecular weight excluding hydrogens is 597 g/mol. The molecule has 0 saturated heterocycles. The van der Waals surface area contributed by atoms with Crippen molar-refractivity contribution in [1.82, 2.24) is 9.13 Å². The Balaban J connectivity index is 1.47. The Kier molecular flexibility index (Phi) is 5.53. The average molecular weight is 615 g/mol. The van der Waals surface area contributed by atoms with Crippen molar-refractivity contribution in [3.8, 4) is 29.6 Å². The lowest BCUT2D eigenvalue weighted by atomic mass is 10.00. The van der Waals surface area contributed by atoms with Gasteiger partial charge in [0.1, 0.15) is 6.07 Å². The van der Waals surface area contributed by atoms with Gasteiger partial charge in [-0.2, -0.15) is 15.8 Å². The summed E-state index contributed by atoms with van der Waals surface area (Å²) in [4.78, 5) is 3.57. The molecule has 0 saturated carbocycles. The summed E-state index contributed by atoms with van der Waals surface area (Å²) in [6.45, 7) is 7.76. The lowest BCUT2D eigenvalue weighted by Crippen LogP contribution is -2.03. The molecule has 47 heavy (non-hydrogen) atoms. The highest BCUT2D eigenvalue weighted by Gasteiger charge is 2.25. The molecule has 3 heterocycles. The van der Waals surface area contributed by atoms with Crippen molar-refractivity contribution < 1.29 is 0 Å². The Morgan fingerprint density at radius 2 is 1.11 bits per heavy atom. The Morgan fingerprint density at radius 3 is 1.68 bits per heavy atom. The minimum absolute atomic E-state index is 0.0455. The van der Waals surface area contributed by atoms with Crippen LogP contribution in [-0.4, -0.2) is 9.13 Å². The molecule has 3 aromatic heterocycles. The van der Waals surface area contributed by atoms with E-state index in [4.69, 9.17) is 6.57 Å². The summed E-state index contributed by atoms with van der Waals surface area (Å²) in [5, 5.41) is 37.1. The molecule has 7 heteroatoms. The number of thiophene rings is 1. The zero-order valence-electron chi connectivity index (χ0n) is 24.5. The van der Waals surface area contributed by atoms with Crippen LogP contribution in [0.4, 0.5) is 5.69 Å². The van der Waals surface area contributed by atoms with Crippen LogP contribution < -0.4 is 0 Å². The predicted octanol–water partition coefficient (Wildman–Crippen LogP) is 10.4. The normalized spacial score (nSPS) is 11.3. The zero-order chi connectivity index (χ0) is 31.8. The summed E-state index contributed by atoms with van der Waals surface area (Å²) in [6.07, 6.45) is 0. The number of fused-ring (bicyclic) bond motifs is 11. The Hall–Kier alpha value is -6.90. The Bertz CT molecular complexity index is 2950. The fourth-order valence-electron chi connectivity index (χ4n) is 7.17. The van der Waals surface area contributed by atoms with Gasteiger partial charge < -0.3 is 9.13 Å². The van der Waals surface area contributed by atoms with Crippen LogP contribution in [-0.2, 0) is 0 Å². The number of hydrogen-bond donors (Lipinski definition) is 0. The number of para-hydroxylation sites is 3. The van der Waals surface area contributed by atoms with Crippen molar-refractivity contribution in [3.63, 3.8) is 0 Å². The highest BCUT2D eigenvalue weighted by molar-refractivity contribution is 7.27. The van der Waals surface area contributed by atoms with Gasteiger partial charge in [0.2, 0.25) is 5.69 Å². The molecule has 0 amide bonds. The quantitative estimate of drug-likeness (QED) is 0.182. The smallest absolute Gasteiger partial charge is 0.208 e. The van der Waals surface area contributed by atoms with Crippen molar-refractivity contribution in [2.24, 2.45) is 0 Å². The van der Waals surface area contributed by atoms with Gasteiger partial charge in [-0.1, -0.05) is 66.7 Å². The third-order valence-corrected chi connectivity index (χ3v) is 10.3. The van der Waals surface area contributed by atoms with E-state index in [1.54, 1.807) is 11.3 Å². The lowest BCUT2D eigenvalue weighted by Gasteiger charge is -2.14. The second-order valence-electron chi connectivity index (χ2n) is 11.3. The van der Waals surface area contributed by atoms with Crippen LogP contribution >= 0.6 is 11.3 Å². The van der Waals surface area contributed by atoms with E-state index in [9.17, 15) is 15.8 Å². The van der Waals surface area contributed by atoms with Gasteiger partial charge in [-0.05, 0) is 42.5 Å². The van der Waals surface area contributed by atoms with E-state index in [0.717, 1.165) is 54.0 Å². The number of nitrogens with zero attached hydrogens (tertiary/aromatic N) is 6. The molecule has 0 radical (unpaired) electrons. The molecule has 0 aliphatic carbocycles. The lowest BCUT2D eigenvalue weighted by molar-refractivity contribution is 1.15. The largest absolute Gasteiger partial charge is 0.309 e. The van der Waals surface area contributed by atoms with Crippen LogP contribution in [0.1, 0.15) is 16.7 Å². The van der Waals surface area contributed by atoms with Gasteiger partial charge in [0.25, 0.3) is 0 Å². The van der Waals surface area contributed by atoms with E-state index >= 15 is 0 Å². The van der Waals surface area contributed by atoms with Crippen molar-refractivity contribution in [2.75, 3.05) is 0 Å². The van der Waals surface area contributed by atoms with E-state index in [0.29, 0.717) is 0 Å². The first-order valence-electron chi connectivity index (χ1n) is 14.8. The van der Waals surface area contributed by atoms with Crippen LogP contribution in [0, 0.1) is 40.6 Å². The molecule has 9 rings (SSSR count). The molecule has 0 aliphatic heterocycles. The minimum atomic E-state index is 0.0455. The molecule has 0 bridgehead atoms. The SMILES string of the molecule is [C-]#[N+]c1cc(C#N)c(C#N)c(-n2c3ccccc3c3c4sc5c(ccc6c5c5ccccc5n6-c5ccccc5)c4ccc32)c1C#N. The molecule has 214 valence electrons. The first-order valence-corrected chi connectivity index (χ1v) is 15.6. The topological polar surface area (TPSA) is 85.6 Å². The maximum absolute atomic E-state index is 10.3. The second-order valence-corrected chi connectivity index (χ2v) is 12.3. The van der Waals surface area contributed by atoms with Crippen LogP contribution in [0.5, 0.6) is 0 Å². The fraction of sp³-hybridized carbons (Fsp3) is 0. The maximum Gasteiger partial charge on any atom is 0.208 e. The highest BCUT2D eigenvalue weighted by atomic mass is 32.1. The molecular formula is C40H18N6S. The van der Waals surface area contributed by atoms with Gasteiger partial charge in [-0.3, -0.25) is 0 Å². The summed E-state index contributed by atoms with van der Waals surface area (Å²) in [5.74, 6) is 0. The van der Waals surface area contributed by atoms with E-state index in [2.05, 4.69) is 100 Å². The van der Waals surface area contributed by atoms with Gasteiger partial charge >= 0.3 is 0 Å². The van der Waals surface area contributed by atoms with Crippen molar-refractivity contribution in [2.45, 2.75) is 0 Å². The summed E-state index contributed by atoms with van der Waals surface area (Å²) in [6, 6.07) is 43.1. The van der Waals surface area contributed by atoms with Crippen LogP contribution in [0.15, 0.2) is 109 Å². The van der Waals surface area contributed by atoms with Gasteiger partial charge in [-0.15, -0.1) is 11.3 Å². The Labute approximate surface area is 271 Å². The standard InChI is InChI=1S/C40H18N6S/c1-44-31-19-23(20-41)29(21-42)38(30(31)22-43)46-33-14-8-6-12-28(33)37-35(46)18-16-26-25-15-17-34-36(39(25)47-40(26)37)27-11-5-7-13-32(27)45(34)24-9-3-2-4-10-24/h2-19H. The van der Waals surface area contributed by atoms with E-state index in [1.807, 2.05) is 34.9 Å². The van der Waals surface area contributed by atoms with Crippen molar-refractivity contribution in [3.05, 3.63) is 137 Å². The van der Waals surface area contributed by atoms with Crippen molar-refractivity contribution in [1.29, 1.82) is 15.8 Å². The second kappa shape index (κ2) is 9.80. The fourth-order valence-corrected chi connectivity index (χ4v) is 8.58. The van der Waals surface area contributed by atoms with E-state index in [-0.39, 0.29) is 28.1 Å². The third-order valence-electron chi connectivity index (χ3n) is 9.06. The molecule has 6 aromatic carbocycles. The van der Waals surface area contributed by atoms with E-state index in [1.165, 1.54) is 21.5 Å². The third kappa shape index (κ3) is 3.44. The van der Waals surface area contributed by atoms with Crippen LogP contribution in [0.3, 0.4) is 0 Å². The number of hydrogen-bond acceptors (Lipinski definition) is 4. The summed E-state index contributed by atoms with van der Waals surface area (Å²) in [5.41, 5.74) is 5.49. The first kappa shape index (κ1) is 26.5. The zero-order valence-corrected chi connectivity index (χ0v) is 25.3.